The van der Waals surface area contributed by atoms with Crippen molar-refractivity contribution in [1.82, 2.24) is 14.9 Å². The maximum Gasteiger partial charge on any atom is 0.119 e. The highest BCUT2D eigenvalue weighted by Gasteiger charge is 2.13. The van der Waals surface area contributed by atoms with E-state index in [2.05, 4.69) is 10.3 Å². The largest absolute Gasteiger partial charge is 0.489 e. The highest BCUT2D eigenvalue weighted by Crippen LogP contribution is 2.18. The van der Waals surface area contributed by atoms with E-state index in [1.807, 2.05) is 35.0 Å². The van der Waals surface area contributed by atoms with Crippen LogP contribution in [0.25, 0.3) is 5.69 Å². The summed E-state index contributed by atoms with van der Waals surface area (Å²) in [4.78, 5) is 4.04. The Balaban J connectivity index is 1.67. The molecule has 94 valence electrons. The number of benzene rings is 1. The number of ether oxygens (including phenoxy) is 1. The smallest absolute Gasteiger partial charge is 0.119 e. The summed E-state index contributed by atoms with van der Waals surface area (Å²) in [5, 5.41) is 3.35. The molecule has 4 nitrogen and oxygen atoms in total. The van der Waals surface area contributed by atoms with E-state index in [1.165, 1.54) is 6.42 Å². The van der Waals surface area contributed by atoms with Gasteiger partial charge in [-0.05, 0) is 43.7 Å². The molecule has 1 N–H and O–H groups in total. The third kappa shape index (κ3) is 2.54. The maximum atomic E-state index is 5.94. The zero-order chi connectivity index (χ0) is 12.2. The Morgan fingerprint density at radius 2 is 2.17 bits per heavy atom. The van der Waals surface area contributed by atoms with Crippen molar-refractivity contribution in [2.24, 2.45) is 0 Å². The molecule has 0 spiro atoms. The van der Waals surface area contributed by atoms with E-state index in [1.54, 1.807) is 12.5 Å². The number of hydrogen-bond donors (Lipinski definition) is 1. The maximum absolute atomic E-state index is 5.94. The van der Waals surface area contributed by atoms with E-state index < -0.39 is 0 Å². The number of hydrogen-bond acceptors (Lipinski definition) is 3. The van der Waals surface area contributed by atoms with E-state index in [0.717, 1.165) is 30.9 Å². The van der Waals surface area contributed by atoms with Gasteiger partial charge in [-0.25, -0.2) is 4.98 Å². The molecule has 0 amide bonds. The number of imidazole rings is 1. The van der Waals surface area contributed by atoms with Crippen LogP contribution in [0.2, 0.25) is 0 Å². The normalized spacial score (nSPS) is 19.7. The minimum absolute atomic E-state index is 0.304. The summed E-state index contributed by atoms with van der Waals surface area (Å²) < 4.78 is 7.92. The third-order valence-corrected chi connectivity index (χ3v) is 3.19. The first-order chi connectivity index (χ1) is 8.92. The highest BCUT2D eigenvalue weighted by molar-refractivity contribution is 5.37. The summed E-state index contributed by atoms with van der Waals surface area (Å²) in [6, 6.07) is 8.13. The lowest BCUT2D eigenvalue weighted by atomic mass is 10.1. The molecule has 1 fully saturated rings. The van der Waals surface area contributed by atoms with Crippen molar-refractivity contribution < 1.29 is 4.74 Å². The van der Waals surface area contributed by atoms with Crippen LogP contribution in [0, 0.1) is 0 Å². The summed E-state index contributed by atoms with van der Waals surface area (Å²) >= 11 is 0. The molecule has 3 rings (SSSR count). The first kappa shape index (κ1) is 11.3. The zero-order valence-electron chi connectivity index (χ0n) is 10.2. The molecular formula is C14H17N3O. The Hall–Kier alpha value is -1.81. The van der Waals surface area contributed by atoms with Crippen LogP contribution in [-0.2, 0) is 0 Å². The number of nitrogens with zero attached hydrogens (tertiary/aromatic N) is 2. The van der Waals surface area contributed by atoms with Crippen molar-refractivity contribution in [3.05, 3.63) is 43.0 Å². The predicted molar refractivity (Wildman–Crippen MR) is 70.1 cm³/mol. The van der Waals surface area contributed by atoms with Gasteiger partial charge in [0.2, 0.25) is 0 Å². The van der Waals surface area contributed by atoms with Crippen molar-refractivity contribution in [1.29, 1.82) is 0 Å². The molecule has 2 aromatic rings. The first-order valence-electron chi connectivity index (χ1n) is 6.37. The van der Waals surface area contributed by atoms with E-state index in [0.29, 0.717) is 6.10 Å². The Morgan fingerprint density at radius 1 is 1.28 bits per heavy atom. The van der Waals surface area contributed by atoms with Gasteiger partial charge in [0.1, 0.15) is 11.9 Å². The Kier molecular flexibility index (Phi) is 3.28. The Labute approximate surface area is 107 Å². The SMILES string of the molecule is c1cn(-c2ccc(OC3CCCNC3)cc2)cn1. The van der Waals surface area contributed by atoms with Gasteiger partial charge in [-0.1, -0.05) is 0 Å². The fourth-order valence-electron chi connectivity index (χ4n) is 2.22. The minimum atomic E-state index is 0.304. The van der Waals surface area contributed by atoms with Gasteiger partial charge in [-0.15, -0.1) is 0 Å². The van der Waals surface area contributed by atoms with Gasteiger partial charge in [-0.2, -0.15) is 0 Å². The topological polar surface area (TPSA) is 39.1 Å². The van der Waals surface area contributed by atoms with Crippen LogP contribution in [0.1, 0.15) is 12.8 Å². The van der Waals surface area contributed by atoms with Crippen LogP contribution in [0.5, 0.6) is 5.75 Å². The third-order valence-electron chi connectivity index (χ3n) is 3.19. The molecule has 0 bridgehead atoms. The number of nitrogens with one attached hydrogen (secondary N) is 1. The van der Waals surface area contributed by atoms with E-state index >= 15 is 0 Å². The lowest BCUT2D eigenvalue weighted by Gasteiger charge is -2.24. The number of rotatable bonds is 3. The lowest BCUT2D eigenvalue weighted by molar-refractivity contribution is 0.167. The standard InChI is InChI=1S/C14H17N3O/c1-2-14(10-15-7-1)18-13-5-3-12(4-6-13)17-9-8-16-11-17/h3-6,8-9,11,14-15H,1-2,7,10H2. The predicted octanol–water partition coefficient (Wildman–Crippen LogP) is 2.00. The Morgan fingerprint density at radius 3 is 2.83 bits per heavy atom. The lowest BCUT2D eigenvalue weighted by Crippen LogP contribution is -2.37. The van der Waals surface area contributed by atoms with Crippen molar-refractivity contribution >= 4 is 0 Å². The molecule has 1 aromatic heterocycles. The summed E-state index contributed by atoms with van der Waals surface area (Å²) in [5.74, 6) is 0.938. The molecule has 0 saturated carbocycles. The van der Waals surface area contributed by atoms with Crippen LogP contribution in [-0.4, -0.2) is 28.7 Å². The molecule has 1 aromatic carbocycles. The first-order valence-corrected chi connectivity index (χ1v) is 6.37. The number of aromatic nitrogens is 2. The molecular weight excluding hydrogens is 226 g/mol. The van der Waals surface area contributed by atoms with Crippen molar-refractivity contribution in [2.45, 2.75) is 18.9 Å². The Bertz CT molecular complexity index is 472. The summed E-state index contributed by atoms with van der Waals surface area (Å²) in [7, 11) is 0. The second kappa shape index (κ2) is 5.23. The van der Waals surface area contributed by atoms with Gasteiger partial charge in [0, 0.05) is 24.6 Å². The fraction of sp³-hybridized carbons (Fsp3) is 0.357. The van der Waals surface area contributed by atoms with Crippen molar-refractivity contribution in [3.8, 4) is 11.4 Å². The van der Waals surface area contributed by atoms with Crippen LogP contribution in [0.15, 0.2) is 43.0 Å². The van der Waals surface area contributed by atoms with Crippen LogP contribution in [0.3, 0.4) is 0 Å². The van der Waals surface area contributed by atoms with Gasteiger partial charge in [0.15, 0.2) is 0 Å². The molecule has 1 atom stereocenters. The monoisotopic (exact) mass is 243 g/mol. The molecule has 18 heavy (non-hydrogen) atoms. The average molecular weight is 243 g/mol. The van der Waals surface area contributed by atoms with Crippen molar-refractivity contribution in [2.75, 3.05) is 13.1 Å². The van der Waals surface area contributed by atoms with Crippen LogP contribution in [0.4, 0.5) is 0 Å². The van der Waals surface area contributed by atoms with Gasteiger partial charge in [0.05, 0.1) is 6.33 Å². The van der Waals surface area contributed by atoms with E-state index in [9.17, 15) is 0 Å². The van der Waals surface area contributed by atoms with Crippen molar-refractivity contribution in [3.63, 3.8) is 0 Å². The molecule has 4 heteroatoms. The second-order valence-electron chi connectivity index (χ2n) is 4.55. The molecule has 0 radical (unpaired) electrons. The molecule has 2 heterocycles. The molecule has 1 saturated heterocycles. The minimum Gasteiger partial charge on any atom is -0.489 e. The molecule has 1 aliphatic heterocycles. The van der Waals surface area contributed by atoms with Gasteiger partial charge < -0.3 is 14.6 Å². The second-order valence-corrected chi connectivity index (χ2v) is 4.55. The summed E-state index contributed by atoms with van der Waals surface area (Å²) in [5.41, 5.74) is 1.10. The number of piperidine rings is 1. The quantitative estimate of drug-likeness (QED) is 0.896. The summed E-state index contributed by atoms with van der Waals surface area (Å²) in [6.45, 7) is 2.06. The molecule has 1 aliphatic rings. The fourth-order valence-corrected chi connectivity index (χ4v) is 2.22. The summed E-state index contributed by atoms with van der Waals surface area (Å²) in [6.07, 6.45) is 8.13. The highest BCUT2D eigenvalue weighted by atomic mass is 16.5. The molecule has 0 aliphatic carbocycles. The van der Waals surface area contributed by atoms with Crippen LogP contribution >= 0.6 is 0 Å². The van der Waals surface area contributed by atoms with Gasteiger partial charge in [0.25, 0.3) is 0 Å². The van der Waals surface area contributed by atoms with E-state index in [-0.39, 0.29) is 0 Å². The van der Waals surface area contributed by atoms with Gasteiger partial charge >= 0.3 is 0 Å². The van der Waals surface area contributed by atoms with Crippen LogP contribution < -0.4 is 10.1 Å². The zero-order valence-corrected chi connectivity index (χ0v) is 10.2. The average Bonchev–Trinajstić information content (AvgIpc) is 2.95. The molecule has 1 unspecified atom stereocenters. The van der Waals surface area contributed by atoms with Gasteiger partial charge in [-0.3, -0.25) is 0 Å². The van der Waals surface area contributed by atoms with E-state index in [4.69, 9.17) is 4.74 Å².